The molecule has 0 fully saturated rings. The summed E-state index contributed by atoms with van der Waals surface area (Å²) < 4.78 is 3.96. The van der Waals surface area contributed by atoms with E-state index in [0.717, 1.165) is 56.2 Å². The molecule has 0 radical (unpaired) electrons. The van der Waals surface area contributed by atoms with Crippen LogP contribution in [0.2, 0.25) is 0 Å². The third kappa shape index (κ3) is 4.85. The minimum atomic E-state index is -0.800. The molecule has 2 N–H and O–H groups in total. The molecular formula is C41H30N6O. The lowest BCUT2D eigenvalue weighted by atomic mass is 9.66. The number of primary amides is 1. The lowest BCUT2D eigenvalue weighted by Crippen LogP contribution is -2.32. The van der Waals surface area contributed by atoms with Crippen LogP contribution < -0.4 is 5.73 Å². The normalized spacial score (nSPS) is 11.5. The number of fused-ring (bicyclic) bond motifs is 1. The van der Waals surface area contributed by atoms with E-state index in [9.17, 15) is 4.79 Å². The average molecular weight is 623 g/mol. The van der Waals surface area contributed by atoms with Gasteiger partial charge >= 0.3 is 0 Å². The molecular weight excluding hydrogens is 592 g/mol. The number of carbonyl (C=O) groups excluding carboxylic acids is 1. The Balaban J connectivity index is 1.46. The molecule has 0 aliphatic rings. The Labute approximate surface area is 277 Å². The second-order valence-corrected chi connectivity index (χ2v) is 11.6. The largest absolute Gasteiger partial charge is 0.366 e. The van der Waals surface area contributed by atoms with Crippen LogP contribution in [-0.2, 0) is 5.41 Å². The topological polar surface area (TPSA) is 91.1 Å². The zero-order valence-electron chi connectivity index (χ0n) is 25.9. The third-order valence-electron chi connectivity index (χ3n) is 8.85. The number of aromatic nitrogens is 5. The van der Waals surface area contributed by atoms with Gasteiger partial charge in [0, 0.05) is 35.3 Å². The monoisotopic (exact) mass is 622 g/mol. The molecule has 7 nitrogen and oxygen atoms in total. The maximum Gasteiger partial charge on any atom is 0.248 e. The van der Waals surface area contributed by atoms with E-state index < -0.39 is 11.3 Å². The van der Waals surface area contributed by atoms with Gasteiger partial charge in [-0.15, -0.1) is 0 Å². The quantitative estimate of drug-likeness (QED) is 0.176. The lowest BCUT2D eigenvalue weighted by Gasteiger charge is -2.35. The van der Waals surface area contributed by atoms with Crippen molar-refractivity contribution in [3.8, 4) is 28.2 Å². The number of rotatable bonds is 8. The number of benzene rings is 4. The lowest BCUT2D eigenvalue weighted by molar-refractivity contribution is 0.100. The molecule has 0 saturated carbocycles. The summed E-state index contributed by atoms with van der Waals surface area (Å²) in [6, 6.07) is 48.8. The van der Waals surface area contributed by atoms with Gasteiger partial charge < -0.3 is 5.73 Å². The maximum absolute atomic E-state index is 11.9. The van der Waals surface area contributed by atoms with Crippen molar-refractivity contribution in [2.45, 2.75) is 5.41 Å². The van der Waals surface area contributed by atoms with Crippen molar-refractivity contribution in [3.05, 3.63) is 198 Å². The fourth-order valence-corrected chi connectivity index (χ4v) is 6.59. The molecule has 4 heterocycles. The van der Waals surface area contributed by atoms with E-state index in [-0.39, 0.29) is 0 Å². The molecule has 4 aromatic heterocycles. The Hall–Kier alpha value is -6.60. The predicted octanol–water partition coefficient (Wildman–Crippen LogP) is 7.73. The third-order valence-corrected chi connectivity index (χ3v) is 8.85. The molecule has 0 aliphatic heterocycles. The van der Waals surface area contributed by atoms with Gasteiger partial charge in [0.05, 0.1) is 34.4 Å². The van der Waals surface area contributed by atoms with E-state index in [4.69, 9.17) is 10.8 Å². The van der Waals surface area contributed by atoms with Crippen LogP contribution in [0.25, 0.3) is 33.8 Å². The van der Waals surface area contributed by atoms with Crippen molar-refractivity contribution in [3.63, 3.8) is 0 Å². The highest BCUT2D eigenvalue weighted by Gasteiger charge is 2.42. The number of pyridine rings is 2. The van der Waals surface area contributed by atoms with Crippen molar-refractivity contribution in [2.75, 3.05) is 0 Å². The zero-order chi connectivity index (χ0) is 32.5. The first-order chi connectivity index (χ1) is 23.6. The first kappa shape index (κ1) is 28.8. The van der Waals surface area contributed by atoms with E-state index in [1.165, 1.54) is 0 Å². The Morgan fingerprint density at radius 3 is 1.79 bits per heavy atom. The molecule has 0 atom stereocenters. The summed E-state index contributed by atoms with van der Waals surface area (Å²) in [5.41, 5.74) is 14.5. The molecule has 0 saturated heterocycles. The number of amides is 1. The Morgan fingerprint density at radius 1 is 0.625 bits per heavy atom. The number of nitrogens with two attached hydrogens (primary N) is 1. The van der Waals surface area contributed by atoms with E-state index in [2.05, 4.69) is 106 Å². The summed E-state index contributed by atoms with van der Waals surface area (Å²) in [6.45, 7) is 0. The molecule has 8 aromatic rings. The summed E-state index contributed by atoms with van der Waals surface area (Å²) in [4.78, 5) is 21.2. The van der Waals surface area contributed by atoms with Gasteiger partial charge in [-0.25, -0.2) is 9.67 Å². The fourth-order valence-electron chi connectivity index (χ4n) is 6.59. The summed E-state index contributed by atoms with van der Waals surface area (Å²) >= 11 is 0. The zero-order valence-corrected chi connectivity index (χ0v) is 25.9. The number of hydrogen-bond donors (Lipinski definition) is 1. The van der Waals surface area contributed by atoms with Crippen LogP contribution >= 0.6 is 0 Å². The van der Waals surface area contributed by atoms with Gasteiger partial charge in [-0.3, -0.25) is 14.2 Å². The molecule has 0 bridgehead atoms. The molecule has 8 rings (SSSR count). The van der Waals surface area contributed by atoms with Crippen LogP contribution in [0.1, 0.15) is 32.7 Å². The molecule has 230 valence electrons. The Morgan fingerprint density at radius 2 is 1.23 bits per heavy atom. The molecule has 0 aliphatic carbocycles. The van der Waals surface area contributed by atoms with Gasteiger partial charge in [-0.05, 0) is 65.2 Å². The highest BCUT2D eigenvalue weighted by molar-refractivity contribution is 5.92. The second-order valence-electron chi connectivity index (χ2n) is 11.6. The smallest absolute Gasteiger partial charge is 0.248 e. The van der Waals surface area contributed by atoms with Crippen LogP contribution in [0.3, 0.4) is 0 Å². The van der Waals surface area contributed by atoms with Crippen LogP contribution in [-0.4, -0.2) is 30.1 Å². The first-order valence-corrected chi connectivity index (χ1v) is 15.7. The number of imidazole rings is 1. The molecule has 7 heteroatoms. The van der Waals surface area contributed by atoms with Crippen molar-refractivity contribution in [1.29, 1.82) is 0 Å². The van der Waals surface area contributed by atoms with Crippen molar-refractivity contribution in [1.82, 2.24) is 24.1 Å². The standard InChI is InChI=1S/C41H30N6O/c42-40(48)29-19-22-34(23-20-29)47-28-35(30-21-24-38-44-26-37(46(38)27-30)36-18-10-11-25-43-36)39(45-47)41(31-12-4-1-5-13-31,32-14-6-2-7-15-32)33-16-8-3-9-17-33/h1-28H,(H2,42,48). The van der Waals surface area contributed by atoms with E-state index in [1.807, 2.05) is 65.5 Å². The molecule has 0 spiro atoms. The van der Waals surface area contributed by atoms with Crippen molar-refractivity contribution < 1.29 is 4.79 Å². The highest BCUT2D eigenvalue weighted by atomic mass is 16.1. The van der Waals surface area contributed by atoms with E-state index in [1.54, 1.807) is 18.3 Å². The summed E-state index contributed by atoms with van der Waals surface area (Å²) in [6.07, 6.45) is 7.82. The first-order valence-electron chi connectivity index (χ1n) is 15.7. The van der Waals surface area contributed by atoms with Gasteiger partial charge in [0.25, 0.3) is 0 Å². The highest BCUT2D eigenvalue weighted by Crippen LogP contribution is 2.48. The summed E-state index contributed by atoms with van der Waals surface area (Å²) in [7, 11) is 0. The van der Waals surface area contributed by atoms with Crippen molar-refractivity contribution >= 4 is 11.6 Å². The molecule has 4 aromatic carbocycles. The van der Waals surface area contributed by atoms with Crippen LogP contribution in [0.5, 0.6) is 0 Å². The number of carbonyl (C=O) groups is 1. The number of nitrogens with zero attached hydrogens (tertiary/aromatic N) is 5. The van der Waals surface area contributed by atoms with Crippen molar-refractivity contribution in [2.24, 2.45) is 5.73 Å². The molecule has 1 amide bonds. The minimum Gasteiger partial charge on any atom is -0.366 e. The number of hydrogen-bond acceptors (Lipinski definition) is 4. The fraction of sp³-hybridized carbons (Fsp3) is 0.0244. The van der Waals surface area contributed by atoms with E-state index in [0.29, 0.717) is 5.56 Å². The van der Waals surface area contributed by atoms with Crippen LogP contribution in [0.4, 0.5) is 0 Å². The maximum atomic E-state index is 11.9. The molecule has 48 heavy (non-hydrogen) atoms. The SMILES string of the molecule is NC(=O)c1ccc(-n2cc(-c3ccc4ncc(-c5ccccn5)n4c3)c(C(c3ccccc3)(c3ccccc3)c3ccccc3)n2)cc1. The molecule has 0 unspecified atom stereocenters. The minimum absolute atomic E-state index is 0.436. The average Bonchev–Trinajstić information content (AvgIpc) is 3.79. The Bertz CT molecular complexity index is 2250. The Kier molecular flexibility index (Phi) is 7.19. The van der Waals surface area contributed by atoms with Gasteiger partial charge in [0.15, 0.2) is 0 Å². The van der Waals surface area contributed by atoms with Crippen LogP contribution in [0, 0.1) is 0 Å². The van der Waals surface area contributed by atoms with Gasteiger partial charge in [0.1, 0.15) is 5.65 Å². The van der Waals surface area contributed by atoms with Gasteiger partial charge in [-0.2, -0.15) is 5.10 Å². The van der Waals surface area contributed by atoms with E-state index >= 15 is 0 Å². The predicted molar refractivity (Wildman–Crippen MR) is 188 cm³/mol. The van der Waals surface area contributed by atoms with Crippen LogP contribution in [0.15, 0.2) is 170 Å². The van der Waals surface area contributed by atoms with Gasteiger partial charge in [0.2, 0.25) is 5.91 Å². The summed E-state index contributed by atoms with van der Waals surface area (Å²) in [5, 5.41) is 5.44. The second kappa shape index (κ2) is 12.0. The summed E-state index contributed by atoms with van der Waals surface area (Å²) in [5.74, 6) is -0.475. The van der Waals surface area contributed by atoms with Gasteiger partial charge in [-0.1, -0.05) is 97.1 Å².